The Balaban J connectivity index is 2.06. The fraction of sp³-hybridized carbons (Fsp3) is 0.875. The first-order chi connectivity index (χ1) is 5.33. The average Bonchev–Trinajstić information content (AvgIpc) is 2.52. The second-order valence-corrected chi connectivity index (χ2v) is 2.86. The lowest BCUT2D eigenvalue weighted by Gasteiger charge is -2.09. The van der Waals surface area contributed by atoms with E-state index in [4.69, 9.17) is 9.47 Å². The minimum Gasteiger partial charge on any atom is -0.350 e. The van der Waals surface area contributed by atoms with Crippen LogP contribution in [0.1, 0.15) is 19.8 Å². The molecule has 1 heterocycles. The molecule has 0 bridgehead atoms. The van der Waals surface area contributed by atoms with Crippen LogP contribution in [0.5, 0.6) is 0 Å². The third-order valence-corrected chi connectivity index (χ3v) is 1.78. The molecule has 0 spiro atoms. The predicted molar refractivity (Wildman–Crippen MR) is 40.2 cm³/mol. The number of carbonyl (C=O) groups is 1. The molecule has 0 unspecified atom stereocenters. The van der Waals surface area contributed by atoms with Gasteiger partial charge < -0.3 is 14.3 Å². The second kappa shape index (κ2) is 4.46. The molecular weight excluding hydrogens is 144 g/mol. The van der Waals surface area contributed by atoms with Gasteiger partial charge >= 0.3 is 0 Å². The van der Waals surface area contributed by atoms with Crippen molar-refractivity contribution in [3.05, 3.63) is 0 Å². The first kappa shape index (κ1) is 8.68. The molecule has 1 fully saturated rings. The van der Waals surface area contributed by atoms with E-state index in [1.54, 1.807) is 0 Å². The topological polar surface area (TPSA) is 35.5 Å². The summed E-state index contributed by atoms with van der Waals surface area (Å²) in [5, 5.41) is 0. The van der Waals surface area contributed by atoms with Gasteiger partial charge in [0.2, 0.25) is 0 Å². The highest BCUT2D eigenvalue weighted by Gasteiger charge is 2.16. The van der Waals surface area contributed by atoms with Crippen LogP contribution < -0.4 is 0 Å². The van der Waals surface area contributed by atoms with Crippen LogP contribution in [0.3, 0.4) is 0 Å². The van der Waals surface area contributed by atoms with Crippen LogP contribution in [0.2, 0.25) is 0 Å². The molecule has 1 rings (SSSR count). The van der Waals surface area contributed by atoms with Crippen LogP contribution in [-0.4, -0.2) is 25.8 Å². The van der Waals surface area contributed by atoms with Crippen molar-refractivity contribution >= 4 is 6.29 Å². The average molecular weight is 158 g/mol. The minimum atomic E-state index is -0.0580. The van der Waals surface area contributed by atoms with Crippen molar-refractivity contribution in [1.82, 2.24) is 0 Å². The summed E-state index contributed by atoms with van der Waals surface area (Å²) >= 11 is 0. The maximum absolute atomic E-state index is 10.2. The molecule has 1 saturated heterocycles. The van der Waals surface area contributed by atoms with Gasteiger partial charge in [0.05, 0.1) is 13.2 Å². The van der Waals surface area contributed by atoms with E-state index in [1.165, 1.54) is 0 Å². The summed E-state index contributed by atoms with van der Waals surface area (Å²) in [6.07, 6.45) is 2.60. The van der Waals surface area contributed by atoms with Crippen molar-refractivity contribution in [2.45, 2.75) is 26.1 Å². The smallest absolute Gasteiger partial charge is 0.157 e. The molecule has 0 radical (unpaired) electrons. The number of hydrogen-bond donors (Lipinski definition) is 0. The van der Waals surface area contributed by atoms with E-state index < -0.39 is 0 Å². The van der Waals surface area contributed by atoms with Gasteiger partial charge in [0.15, 0.2) is 6.29 Å². The van der Waals surface area contributed by atoms with E-state index in [1.807, 2.05) is 6.92 Å². The van der Waals surface area contributed by atoms with Gasteiger partial charge in [-0.3, -0.25) is 0 Å². The Bertz CT molecular complexity index is 119. The SMILES string of the molecule is C[C@@H](C=O)CCC1OCCO1. The zero-order valence-corrected chi connectivity index (χ0v) is 6.79. The fourth-order valence-electron chi connectivity index (χ4n) is 1.04. The Labute approximate surface area is 66.7 Å². The summed E-state index contributed by atoms with van der Waals surface area (Å²) in [7, 11) is 0. The summed E-state index contributed by atoms with van der Waals surface area (Å²) in [6.45, 7) is 3.29. The summed E-state index contributed by atoms with van der Waals surface area (Å²) in [5.74, 6) is 0.128. The maximum Gasteiger partial charge on any atom is 0.157 e. The summed E-state index contributed by atoms with van der Waals surface area (Å²) in [5.41, 5.74) is 0. The molecule has 0 aliphatic carbocycles. The van der Waals surface area contributed by atoms with Gasteiger partial charge in [0, 0.05) is 5.92 Å². The highest BCUT2D eigenvalue weighted by atomic mass is 16.7. The van der Waals surface area contributed by atoms with Crippen molar-refractivity contribution in [2.24, 2.45) is 5.92 Å². The predicted octanol–water partition coefficient (Wildman–Crippen LogP) is 0.974. The molecule has 0 aromatic heterocycles. The lowest BCUT2D eigenvalue weighted by Crippen LogP contribution is -2.09. The Morgan fingerprint density at radius 3 is 2.73 bits per heavy atom. The van der Waals surface area contributed by atoms with E-state index in [-0.39, 0.29) is 12.2 Å². The monoisotopic (exact) mass is 158 g/mol. The van der Waals surface area contributed by atoms with Crippen LogP contribution >= 0.6 is 0 Å². The molecule has 0 amide bonds. The van der Waals surface area contributed by atoms with Gasteiger partial charge in [-0.2, -0.15) is 0 Å². The number of aldehydes is 1. The van der Waals surface area contributed by atoms with Crippen molar-refractivity contribution in [3.8, 4) is 0 Å². The third-order valence-electron chi connectivity index (χ3n) is 1.78. The number of ether oxygens (including phenoxy) is 2. The van der Waals surface area contributed by atoms with E-state index >= 15 is 0 Å². The molecule has 0 N–H and O–H groups in total. The van der Waals surface area contributed by atoms with Crippen LogP contribution in [-0.2, 0) is 14.3 Å². The summed E-state index contributed by atoms with van der Waals surface area (Å²) < 4.78 is 10.4. The van der Waals surface area contributed by atoms with E-state index in [0.717, 1.165) is 19.1 Å². The van der Waals surface area contributed by atoms with Crippen LogP contribution in [0.15, 0.2) is 0 Å². The Morgan fingerprint density at radius 2 is 2.18 bits per heavy atom. The second-order valence-electron chi connectivity index (χ2n) is 2.86. The van der Waals surface area contributed by atoms with Crippen LogP contribution in [0.25, 0.3) is 0 Å². The minimum absolute atomic E-state index is 0.0580. The largest absolute Gasteiger partial charge is 0.350 e. The highest BCUT2D eigenvalue weighted by Crippen LogP contribution is 2.13. The Morgan fingerprint density at radius 1 is 1.55 bits per heavy atom. The summed E-state index contributed by atoms with van der Waals surface area (Å²) in [4.78, 5) is 10.2. The number of carbonyl (C=O) groups excluding carboxylic acids is 1. The zero-order valence-electron chi connectivity index (χ0n) is 6.79. The molecular formula is C8H14O3. The molecule has 3 heteroatoms. The molecule has 64 valence electrons. The molecule has 0 saturated carbocycles. The van der Waals surface area contributed by atoms with Gasteiger partial charge in [0.1, 0.15) is 6.29 Å². The van der Waals surface area contributed by atoms with Gasteiger partial charge in [-0.25, -0.2) is 0 Å². The highest BCUT2D eigenvalue weighted by molar-refractivity contribution is 5.52. The molecule has 11 heavy (non-hydrogen) atoms. The van der Waals surface area contributed by atoms with Gasteiger partial charge in [-0.15, -0.1) is 0 Å². The first-order valence-corrected chi connectivity index (χ1v) is 4.01. The Kier molecular flexibility index (Phi) is 3.52. The van der Waals surface area contributed by atoms with E-state index in [2.05, 4.69) is 0 Å². The molecule has 1 aliphatic heterocycles. The lowest BCUT2D eigenvalue weighted by molar-refractivity contribution is -0.111. The normalized spacial score (nSPS) is 21.9. The van der Waals surface area contributed by atoms with E-state index in [0.29, 0.717) is 13.2 Å². The molecule has 0 aromatic carbocycles. The number of rotatable bonds is 4. The third kappa shape index (κ3) is 2.99. The standard InChI is InChI=1S/C8H14O3/c1-7(6-9)2-3-8-10-4-5-11-8/h6-8H,2-5H2,1H3/t7-/m1/s1. The van der Waals surface area contributed by atoms with E-state index in [9.17, 15) is 4.79 Å². The van der Waals surface area contributed by atoms with Crippen molar-refractivity contribution in [2.75, 3.05) is 13.2 Å². The molecule has 3 nitrogen and oxygen atoms in total. The van der Waals surface area contributed by atoms with Crippen molar-refractivity contribution in [1.29, 1.82) is 0 Å². The lowest BCUT2D eigenvalue weighted by atomic mass is 10.1. The molecule has 1 atom stereocenters. The fourth-order valence-corrected chi connectivity index (χ4v) is 1.04. The number of hydrogen-bond acceptors (Lipinski definition) is 3. The molecule has 0 aromatic rings. The van der Waals surface area contributed by atoms with Crippen molar-refractivity contribution in [3.63, 3.8) is 0 Å². The van der Waals surface area contributed by atoms with Gasteiger partial charge in [-0.05, 0) is 12.8 Å². The quantitative estimate of drug-likeness (QED) is 0.572. The van der Waals surface area contributed by atoms with Gasteiger partial charge in [0.25, 0.3) is 0 Å². The van der Waals surface area contributed by atoms with Crippen LogP contribution in [0.4, 0.5) is 0 Å². The Hall–Kier alpha value is -0.410. The maximum atomic E-state index is 10.2. The summed E-state index contributed by atoms with van der Waals surface area (Å²) in [6, 6.07) is 0. The zero-order chi connectivity index (χ0) is 8.10. The van der Waals surface area contributed by atoms with Crippen LogP contribution in [0, 0.1) is 5.92 Å². The first-order valence-electron chi connectivity index (χ1n) is 4.01. The van der Waals surface area contributed by atoms with Gasteiger partial charge in [-0.1, -0.05) is 6.92 Å². The molecule has 1 aliphatic rings. The van der Waals surface area contributed by atoms with Crippen molar-refractivity contribution < 1.29 is 14.3 Å².